The minimum absolute atomic E-state index is 0.0397. The van der Waals surface area contributed by atoms with E-state index >= 15 is 0 Å². The SMILES string of the molecule is CCC(C(=O)c1ccccc1)N(CC(C)C)C1CCCC1. The Morgan fingerprint density at radius 1 is 1.19 bits per heavy atom. The lowest BCUT2D eigenvalue weighted by Crippen LogP contribution is -2.47. The van der Waals surface area contributed by atoms with Crippen LogP contribution in [0.4, 0.5) is 0 Å². The second kappa shape index (κ2) is 7.74. The summed E-state index contributed by atoms with van der Waals surface area (Å²) in [6.45, 7) is 7.68. The third kappa shape index (κ3) is 4.16. The molecule has 0 aliphatic heterocycles. The summed E-state index contributed by atoms with van der Waals surface area (Å²) in [6, 6.07) is 10.4. The maximum Gasteiger partial charge on any atom is 0.179 e. The first kappa shape index (κ1) is 16.2. The highest BCUT2D eigenvalue weighted by Gasteiger charge is 2.32. The number of ketones is 1. The summed E-state index contributed by atoms with van der Waals surface area (Å²) in [5, 5.41) is 0. The van der Waals surface area contributed by atoms with Gasteiger partial charge in [-0.2, -0.15) is 0 Å². The Labute approximate surface area is 129 Å². The zero-order chi connectivity index (χ0) is 15.2. The lowest BCUT2D eigenvalue weighted by molar-refractivity contribution is 0.0687. The van der Waals surface area contributed by atoms with Crippen LogP contribution in [-0.2, 0) is 0 Å². The molecule has 2 rings (SSSR count). The van der Waals surface area contributed by atoms with Crippen LogP contribution in [0.2, 0.25) is 0 Å². The highest BCUT2D eigenvalue weighted by molar-refractivity contribution is 6.00. The van der Waals surface area contributed by atoms with Gasteiger partial charge in [0, 0.05) is 18.2 Å². The van der Waals surface area contributed by atoms with Crippen LogP contribution < -0.4 is 0 Å². The molecule has 0 amide bonds. The molecule has 1 fully saturated rings. The molecule has 1 aromatic carbocycles. The first-order chi connectivity index (χ1) is 10.1. The summed E-state index contributed by atoms with van der Waals surface area (Å²) in [6.07, 6.45) is 6.04. The average Bonchev–Trinajstić information content (AvgIpc) is 3.01. The summed E-state index contributed by atoms with van der Waals surface area (Å²) in [4.78, 5) is 15.4. The van der Waals surface area contributed by atoms with Crippen molar-refractivity contribution in [1.82, 2.24) is 4.90 Å². The van der Waals surface area contributed by atoms with Crippen LogP contribution >= 0.6 is 0 Å². The molecular formula is C19H29NO. The molecule has 1 unspecified atom stereocenters. The van der Waals surface area contributed by atoms with Crippen LogP contribution in [0.15, 0.2) is 30.3 Å². The molecular weight excluding hydrogens is 258 g/mol. The Kier molecular flexibility index (Phi) is 5.98. The number of hydrogen-bond acceptors (Lipinski definition) is 2. The van der Waals surface area contributed by atoms with Gasteiger partial charge in [-0.15, -0.1) is 0 Å². The van der Waals surface area contributed by atoms with Crippen molar-refractivity contribution in [3.05, 3.63) is 35.9 Å². The van der Waals surface area contributed by atoms with E-state index in [4.69, 9.17) is 0 Å². The third-order valence-electron chi connectivity index (χ3n) is 4.52. The molecule has 0 heterocycles. The minimum atomic E-state index is 0.0397. The quantitative estimate of drug-likeness (QED) is 0.686. The van der Waals surface area contributed by atoms with Crippen LogP contribution in [0.3, 0.4) is 0 Å². The van der Waals surface area contributed by atoms with Gasteiger partial charge in [0.05, 0.1) is 6.04 Å². The van der Waals surface area contributed by atoms with Gasteiger partial charge in [-0.1, -0.05) is 63.9 Å². The number of carbonyl (C=O) groups is 1. The van der Waals surface area contributed by atoms with E-state index in [-0.39, 0.29) is 6.04 Å². The van der Waals surface area contributed by atoms with Crippen molar-refractivity contribution >= 4 is 5.78 Å². The first-order valence-electron chi connectivity index (χ1n) is 8.48. The molecule has 1 aliphatic carbocycles. The molecule has 0 saturated heterocycles. The van der Waals surface area contributed by atoms with E-state index in [1.807, 2.05) is 30.3 Å². The normalized spacial score (nSPS) is 17.6. The van der Waals surface area contributed by atoms with Gasteiger partial charge in [0.1, 0.15) is 0 Å². The highest BCUT2D eigenvalue weighted by Crippen LogP contribution is 2.28. The van der Waals surface area contributed by atoms with Gasteiger partial charge in [0.25, 0.3) is 0 Å². The molecule has 0 spiro atoms. The molecule has 0 aromatic heterocycles. The van der Waals surface area contributed by atoms with Crippen molar-refractivity contribution in [2.75, 3.05) is 6.54 Å². The smallest absolute Gasteiger partial charge is 0.179 e. The predicted octanol–water partition coefficient (Wildman–Crippen LogP) is 4.55. The fourth-order valence-corrected chi connectivity index (χ4v) is 3.55. The second-order valence-corrected chi connectivity index (χ2v) is 6.68. The number of nitrogens with zero attached hydrogens (tertiary/aromatic N) is 1. The lowest BCUT2D eigenvalue weighted by atomic mass is 9.97. The summed E-state index contributed by atoms with van der Waals surface area (Å²) in [5.41, 5.74) is 0.858. The second-order valence-electron chi connectivity index (χ2n) is 6.68. The zero-order valence-electron chi connectivity index (χ0n) is 13.7. The van der Waals surface area contributed by atoms with E-state index < -0.39 is 0 Å². The minimum Gasteiger partial charge on any atom is -0.292 e. The van der Waals surface area contributed by atoms with Gasteiger partial charge in [-0.05, 0) is 25.2 Å². The fourth-order valence-electron chi connectivity index (χ4n) is 3.55. The van der Waals surface area contributed by atoms with Crippen molar-refractivity contribution in [2.45, 2.75) is 65.0 Å². The maximum absolute atomic E-state index is 12.9. The highest BCUT2D eigenvalue weighted by atomic mass is 16.1. The maximum atomic E-state index is 12.9. The Bertz CT molecular complexity index is 434. The van der Waals surface area contributed by atoms with Gasteiger partial charge >= 0.3 is 0 Å². The van der Waals surface area contributed by atoms with Gasteiger partial charge in [0.15, 0.2) is 5.78 Å². The third-order valence-corrected chi connectivity index (χ3v) is 4.52. The standard InChI is InChI=1S/C19H29NO/c1-4-18(19(21)16-10-6-5-7-11-16)20(14-15(2)3)17-12-8-9-13-17/h5-7,10-11,15,17-18H,4,8-9,12-14H2,1-3H3. The molecule has 0 bridgehead atoms. The van der Waals surface area contributed by atoms with Crippen LogP contribution in [0.1, 0.15) is 63.2 Å². The predicted molar refractivity (Wildman–Crippen MR) is 88.7 cm³/mol. The van der Waals surface area contributed by atoms with E-state index in [0.29, 0.717) is 17.7 Å². The van der Waals surface area contributed by atoms with Gasteiger partial charge in [-0.25, -0.2) is 0 Å². The molecule has 1 saturated carbocycles. The Morgan fingerprint density at radius 3 is 2.33 bits per heavy atom. The van der Waals surface area contributed by atoms with Crippen LogP contribution in [-0.4, -0.2) is 29.3 Å². The van der Waals surface area contributed by atoms with Crippen LogP contribution in [0.5, 0.6) is 0 Å². The molecule has 116 valence electrons. The number of benzene rings is 1. The molecule has 1 atom stereocenters. The van der Waals surface area contributed by atoms with E-state index in [1.165, 1.54) is 25.7 Å². The monoisotopic (exact) mass is 287 g/mol. The van der Waals surface area contributed by atoms with Gasteiger partial charge in [0.2, 0.25) is 0 Å². The van der Waals surface area contributed by atoms with Crippen LogP contribution in [0.25, 0.3) is 0 Å². The van der Waals surface area contributed by atoms with Crippen molar-refractivity contribution in [1.29, 1.82) is 0 Å². The van der Waals surface area contributed by atoms with Crippen molar-refractivity contribution in [3.8, 4) is 0 Å². The van der Waals surface area contributed by atoms with Crippen molar-refractivity contribution in [2.24, 2.45) is 5.92 Å². The molecule has 1 aromatic rings. The van der Waals surface area contributed by atoms with Gasteiger partial charge < -0.3 is 0 Å². The van der Waals surface area contributed by atoms with E-state index in [1.54, 1.807) is 0 Å². The summed E-state index contributed by atoms with van der Waals surface area (Å²) >= 11 is 0. The largest absolute Gasteiger partial charge is 0.292 e. The number of carbonyl (C=O) groups excluding carboxylic acids is 1. The van der Waals surface area contributed by atoms with Crippen molar-refractivity contribution < 1.29 is 4.79 Å². The molecule has 0 N–H and O–H groups in total. The number of Topliss-reactive ketones (excluding diaryl/α,β-unsaturated/α-hetero) is 1. The topological polar surface area (TPSA) is 20.3 Å². The number of rotatable bonds is 7. The molecule has 2 heteroatoms. The lowest BCUT2D eigenvalue weighted by Gasteiger charge is -2.36. The molecule has 2 nitrogen and oxygen atoms in total. The van der Waals surface area contributed by atoms with Crippen molar-refractivity contribution in [3.63, 3.8) is 0 Å². The van der Waals surface area contributed by atoms with Gasteiger partial charge in [-0.3, -0.25) is 9.69 Å². The molecule has 21 heavy (non-hydrogen) atoms. The molecule has 1 aliphatic rings. The first-order valence-corrected chi connectivity index (χ1v) is 8.48. The Hall–Kier alpha value is -1.15. The van der Waals surface area contributed by atoms with Crippen LogP contribution in [0, 0.1) is 5.92 Å². The zero-order valence-corrected chi connectivity index (χ0v) is 13.7. The fraction of sp³-hybridized carbons (Fsp3) is 0.632. The Balaban J connectivity index is 2.19. The summed E-state index contributed by atoms with van der Waals surface area (Å²) in [7, 11) is 0. The number of hydrogen-bond donors (Lipinski definition) is 0. The summed E-state index contributed by atoms with van der Waals surface area (Å²) < 4.78 is 0. The summed E-state index contributed by atoms with van der Waals surface area (Å²) in [5.74, 6) is 0.897. The average molecular weight is 287 g/mol. The van der Waals surface area contributed by atoms with E-state index in [0.717, 1.165) is 18.5 Å². The van der Waals surface area contributed by atoms with E-state index in [2.05, 4.69) is 25.7 Å². The Morgan fingerprint density at radius 2 is 1.81 bits per heavy atom. The van der Waals surface area contributed by atoms with E-state index in [9.17, 15) is 4.79 Å². The molecule has 0 radical (unpaired) electrons.